The highest BCUT2D eigenvalue weighted by atomic mass is 32.2. The van der Waals surface area contributed by atoms with Gasteiger partial charge in [0.25, 0.3) is 0 Å². The van der Waals surface area contributed by atoms with Crippen LogP contribution in [-0.4, -0.2) is 37.0 Å². The molecule has 2 aliphatic rings. The molecule has 0 spiro atoms. The van der Waals surface area contributed by atoms with E-state index in [1.165, 1.54) is 0 Å². The minimum absolute atomic E-state index is 0.0863. The molecule has 2 saturated carbocycles. The smallest absolute Gasteiger partial charge is 0.314 e. The summed E-state index contributed by atoms with van der Waals surface area (Å²) in [5.41, 5.74) is 0.908. The van der Waals surface area contributed by atoms with E-state index < -0.39 is 21.2 Å². The number of sulfone groups is 1. The Kier molecular flexibility index (Phi) is 4.71. The lowest BCUT2D eigenvalue weighted by molar-refractivity contribution is -0.140. The van der Waals surface area contributed by atoms with Crippen molar-refractivity contribution in [3.63, 3.8) is 0 Å². The van der Waals surface area contributed by atoms with Crippen molar-refractivity contribution in [2.24, 2.45) is 0 Å². The molecule has 0 unspecified atom stereocenters. The van der Waals surface area contributed by atoms with Crippen LogP contribution in [0.25, 0.3) is 0 Å². The van der Waals surface area contributed by atoms with Crippen LogP contribution in [0.1, 0.15) is 62.0 Å². The van der Waals surface area contributed by atoms with Gasteiger partial charge in [-0.3, -0.25) is 4.79 Å². The van der Waals surface area contributed by atoms with Crippen LogP contribution in [0.3, 0.4) is 0 Å². The van der Waals surface area contributed by atoms with Crippen LogP contribution in [0, 0.1) is 0 Å². The number of carbonyl (C=O) groups is 1. The number of hydrogen-bond acceptors (Lipinski definition) is 4. The highest BCUT2D eigenvalue weighted by molar-refractivity contribution is 7.91. The molecule has 3 rings (SSSR count). The third-order valence-electron chi connectivity index (χ3n) is 5.42. The molecule has 0 saturated heterocycles. The summed E-state index contributed by atoms with van der Waals surface area (Å²) in [6, 6.07) is 4.98. The van der Waals surface area contributed by atoms with Gasteiger partial charge >= 0.3 is 5.97 Å². The summed E-state index contributed by atoms with van der Waals surface area (Å²) in [5, 5.41) is 18.5. The number of benzene rings is 1. The lowest BCUT2D eigenvalue weighted by atomic mass is 9.84. The topological polar surface area (TPSA) is 91.7 Å². The van der Waals surface area contributed by atoms with E-state index in [-0.39, 0.29) is 29.6 Å². The zero-order valence-electron chi connectivity index (χ0n) is 13.7. The van der Waals surface area contributed by atoms with E-state index in [1.54, 1.807) is 18.2 Å². The van der Waals surface area contributed by atoms with Crippen molar-refractivity contribution in [1.29, 1.82) is 0 Å². The second kappa shape index (κ2) is 6.48. The van der Waals surface area contributed by atoms with Crippen molar-refractivity contribution in [3.8, 4) is 0 Å². The Bertz CT molecular complexity index is 728. The third-order valence-corrected chi connectivity index (χ3v) is 7.22. The van der Waals surface area contributed by atoms with Gasteiger partial charge < -0.3 is 10.2 Å². The molecule has 2 aliphatic carbocycles. The fraction of sp³-hybridized carbons (Fsp3) is 0.611. The van der Waals surface area contributed by atoms with Gasteiger partial charge in [-0.05, 0) is 61.3 Å². The first-order valence-corrected chi connectivity index (χ1v) is 10.3. The number of hydrogen-bond donors (Lipinski definition) is 2. The zero-order chi connectivity index (χ0) is 17.4. The summed E-state index contributed by atoms with van der Waals surface area (Å²) >= 11 is 0. The average molecular weight is 352 g/mol. The zero-order valence-corrected chi connectivity index (χ0v) is 14.5. The number of aliphatic carboxylic acids is 1. The lowest BCUT2D eigenvalue weighted by Gasteiger charge is -2.21. The summed E-state index contributed by atoms with van der Waals surface area (Å²) in [5.74, 6) is -0.640. The highest BCUT2D eigenvalue weighted by Crippen LogP contribution is 2.52. The van der Waals surface area contributed by atoms with Crippen molar-refractivity contribution >= 4 is 15.8 Å². The van der Waals surface area contributed by atoms with E-state index in [1.807, 2.05) is 0 Å². The van der Waals surface area contributed by atoms with Crippen molar-refractivity contribution in [2.75, 3.05) is 12.4 Å². The monoisotopic (exact) mass is 352 g/mol. The molecule has 0 aromatic heterocycles. The minimum atomic E-state index is -3.44. The Labute approximate surface area is 142 Å². The van der Waals surface area contributed by atoms with E-state index >= 15 is 0 Å². The van der Waals surface area contributed by atoms with Gasteiger partial charge in [0, 0.05) is 6.61 Å². The maximum atomic E-state index is 12.4. The summed E-state index contributed by atoms with van der Waals surface area (Å²) in [4.78, 5) is 12.0. The summed E-state index contributed by atoms with van der Waals surface area (Å²) in [7, 11) is -3.44. The van der Waals surface area contributed by atoms with Crippen LogP contribution in [0.5, 0.6) is 0 Å². The van der Waals surface area contributed by atoms with Crippen molar-refractivity contribution in [3.05, 3.63) is 29.3 Å². The molecule has 0 radical (unpaired) electrons. The minimum Gasteiger partial charge on any atom is -0.481 e. The number of rotatable bonds is 7. The van der Waals surface area contributed by atoms with Crippen molar-refractivity contribution in [2.45, 2.75) is 61.2 Å². The highest BCUT2D eigenvalue weighted by Gasteiger charge is 2.53. The Morgan fingerprint density at radius 2 is 1.88 bits per heavy atom. The Morgan fingerprint density at radius 3 is 2.42 bits per heavy atom. The SMILES string of the molecule is O=C(O)C1(c2ccc(S(=O)(=O)CCCO)cc2C2CCCC2)CC1. The number of carboxylic acids is 1. The molecule has 0 amide bonds. The fourth-order valence-electron chi connectivity index (χ4n) is 3.84. The molecular weight excluding hydrogens is 328 g/mol. The quantitative estimate of drug-likeness (QED) is 0.787. The molecule has 2 fully saturated rings. The summed E-state index contributed by atoms with van der Waals surface area (Å²) in [6.07, 6.45) is 5.64. The van der Waals surface area contributed by atoms with Crippen LogP contribution in [0.4, 0.5) is 0 Å². The largest absolute Gasteiger partial charge is 0.481 e. The number of carboxylic acid groups (broad SMARTS) is 1. The van der Waals surface area contributed by atoms with Crippen LogP contribution in [0.15, 0.2) is 23.1 Å². The second-order valence-corrected chi connectivity index (χ2v) is 9.12. The first kappa shape index (κ1) is 17.4. The van der Waals surface area contributed by atoms with Crippen LogP contribution in [0.2, 0.25) is 0 Å². The number of aliphatic hydroxyl groups excluding tert-OH is 1. The first-order chi connectivity index (χ1) is 11.4. The average Bonchev–Trinajstić information content (AvgIpc) is 3.20. The van der Waals surface area contributed by atoms with Gasteiger partial charge in [-0.2, -0.15) is 0 Å². The van der Waals surface area contributed by atoms with Gasteiger partial charge in [0.15, 0.2) is 9.84 Å². The normalized spacial score (nSPS) is 20.2. The van der Waals surface area contributed by atoms with Gasteiger partial charge in [0.1, 0.15) is 0 Å². The molecule has 0 heterocycles. The maximum Gasteiger partial charge on any atom is 0.314 e. The van der Waals surface area contributed by atoms with E-state index in [0.29, 0.717) is 12.8 Å². The Morgan fingerprint density at radius 1 is 1.21 bits per heavy atom. The third kappa shape index (κ3) is 3.09. The molecule has 2 N–H and O–H groups in total. The van der Waals surface area contributed by atoms with E-state index in [0.717, 1.165) is 36.8 Å². The van der Waals surface area contributed by atoms with Crippen LogP contribution in [-0.2, 0) is 20.0 Å². The maximum absolute atomic E-state index is 12.4. The van der Waals surface area contributed by atoms with Crippen LogP contribution < -0.4 is 0 Å². The lowest BCUT2D eigenvalue weighted by Crippen LogP contribution is -2.22. The molecule has 1 aromatic carbocycles. The molecule has 0 aliphatic heterocycles. The number of aliphatic hydroxyl groups is 1. The summed E-state index contributed by atoms with van der Waals surface area (Å²) in [6.45, 7) is -0.158. The first-order valence-electron chi connectivity index (χ1n) is 8.62. The standard InChI is InChI=1S/C18H24O5S/c19-10-3-11-24(22,23)14-6-7-16(18(8-9-18)17(20)21)15(12-14)13-4-1-2-5-13/h6-7,12-13,19H,1-5,8-11H2,(H,20,21). The fourth-order valence-corrected chi connectivity index (χ4v) is 5.17. The Balaban J connectivity index is 2.04. The van der Waals surface area contributed by atoms with Gasteiger partial charge in [0.05, 0.1) is 16.1 Å². The van der Waals surface area contributed by atoms with Crippen molar-refractivity contribution < 1.29 is 23.4 Å². The molecule has 0 atom stereocenters. The van der Waals surface area contributed by atoms with Gasteiger partial charge in [-0.25, -0.2) is 8.42 Å². The predicted molar refractivity (Wildman–Crippen MR) is 90.0 cm³/mol. The van der Waals surface area contributed by atoms with Crippen molar-refractivity contribution in [1.82, 2.24) is 0 Å². The molecule has 24 heavy (non-hydrogen) atoms. The molecule has 0 bridgehead atoms. The van der Waals surface area contributed by atoms with Gasteiger partial charge in [0.2, 0.25) is 0 Å². The molecule has 6 heteroatoms. The van der Waals surface area contributed by atoms with E-state index in [2.05, 4.69) is 0 Å². The van der Waals surface area contributed by atoms with Gasteiger partial charge in [-0.15, -0.1) is 0 Å². The van der Waals surface area contributed by atoms with E-state index in [4.69, 9.17) is 5.11 Å². The molecule has 132 valence electrons. The molecule has 1 aromatic rings. The molecule has 5 nitrogen and oxygen atoms in total. The second-order valence-electron chi connectivity index (χ2n) is 7.01. The van der Waals surface area contributed by atoms with Crippen LogP contribution >= 0.6 is 0 Å². The van der Waals surface area contributed by atoms with E-state index in [9.17, 15) is 18.3 Å². The summed E-state index contributed by atoms with van der Waals surface area (Å²) < 4.78 is 24.9. The predicted octanol–water partition coefficient (Wildman–Crippen LogP) is 2.62. The van der Waals surface area contributed by atoms with Gasteiger partial charge in [-0.1, -0.05) is 18.9 Å². The molecular formula is C18H24O5S. The Hall–Kier alpha value is -1.40.